The molecule has 8 heteroatoms. The lowest BCUT2D eigenvalue weighted by Gasteiger charge is -2.21. The lowest BCUT2D eigenvalue weighted by molar-refractivity contribution is 0.0758. The van der Waals surface area contributed by atoms with E-state index in [0.29, 0.717) is 17.8 Å². The van der Waals surface area contributed by atoms with Crippen molar-refractivity contribution in [2.45, 2.75) is 64.0 Å². The molecule has 3 aromatic rings. The smallest absolute Gasteiger partial charge is 0.257 e. The third-order valence-electron chi connectivity index (χ3n) is 6.61. The van der Waals surface area contributed by atoms with E-state index in [9.17, 15) is 9.18 Å². The van der Waals surface area contributed by atoms with Gasteiger partial charge in [-0.1, -0.05) is 57.0 Å². The molecule has 0 bridgehead atoms. The highest BCUT2D eigenvalue weighted by atomic mass is 19.1. The largest absolute Gasteiger partial charge is 0.335 e. The zero-order chi connectivity index (χ0) is 24.3. The Morgan fingerprint density at radius 3 is 2.38 bits per heavy atom. The Balaban J connectivity index is 1.72. The van der Waals surface area contributed by atoms with Gasteiger partial charge in [-0.05, 0) is 25.3 Å². The molecule has 0 N–H and O–H groups in total. The van der Waals surface area contributed by atoms with Crippen LogP contribution < -0.4 is 0 Å². The minimum absolute atomic E-state index is 0.00921. The predicted molar refractivity (Wildman–Crippen MR) is 126 cm³/mol. The van der Waals surface area contributed by atoms with Crippen LogP contribution in [-0.2, 0) is 0 Å². The highest BCUT2D eigenvalue weighted by Gasteiger charge is 2.46. The first-order valence-corrected chi connectivity index (χ1v) is 11.9. The summed E-state index contributed by atoms with van der Waals surface area (Å²) < 4.78 is 30.6. The van der Waals surface area contributed by atoms with Gasteiger partial charge in [-0.25, -0.2) is 23.4 Å². The van der Waals surface area contributed by atoms with Gasteiger partial charge in [-0.3, -0.25) is 4.79 Å². The molecule has 3 heterocycles. The fourth-order valence-corrected chi connectivity index (χ4v) is 5.03. The first-order valence-electron chi connectivity index (χ1n) is 11.9. The average Bonchev–Trinajstić information content (AvgIpc) is 3.40. The van der Waals surface area contributed by atoms with Crippen LogP contribution in [0.2, 0.25) is 0 Å². The number of likely N-dealkylation sites (tertiary alicyclic amines) is 1. The van der Waals surface area contributed by atoms with Crippen molar-refractivity contribution < 1.29 is 13.6 Å². The minimum atomic E-state index is -1.54. The highest BCUT2D eigenvalue weighted by Crippen LogP contribution is 2.40. The van der Waals surface area contributed by atoms with E-state index in [4.69, 9.17) is 0 Å². The summed E-state index contributed by atoms with van der Waals surface area (Å²) in [7, 11) is 0. The molecule has 180 valence electrons. The normalized spacial score (nSPS) is 20.3. The number of rotatable bonds is 8. The van der Waals surface area contributed by atoms with Gasteiger partial charge >= 0.3 is 0 Å². The maximum Gasteiger partial charge on any atom is 0.257 e. The van der Waals surface area contributed by atoms with Crippen molar-refractivity contribution in [1.29, 1.82) is 0 Å². The number of halogens is 2. The molecule has 2 unspecified atom stereocenters. The Morgan fingerprint density at radius 1 is 1.12 bits per heavy atom. The molecule has 6 nitrogen and oxygen atoms in total. The van der Waals surface area contributed by atoms with Gasteiger partial charge in [0.2, 0.25) is 0 Å². The summed E-state index contributed by atoms with van der Waals surface area (Å²) >= 11 is 0. The number of hydrogen-bond donors (Lipinski definition) is 0. The van der Waals surface area contributed by atoms with Crippen LogP contribution in [0.4, 0.5) is 8.78 Å². The highest BCUT2D eigenvalue weighted by molar-refractivity contribution is 5.96. The van der Waals surface area contributed by atoms with Crippen LogP contribution >= 0.6 is 0 Å². The van der Waals surface area contributed by atoms with Crippen molar-refractivity contribution in [2.24, 2.45) is 0 Å². The summed E-state index contributed by atoms with van der Waals surface area (Å²) in [5.74, 6) is -0.929. The Bertz CT molecular complexity index is 1110. The molecule has 1 aliphatic rings. The molecule has 1 amide bonds. The number of nitrogens with zero attached hydrogens (tertiary/aromatic N) is 5. The fraction of sp³-hybridized carbons (Fsp3) is 0.462. The van der Waals surface area contributed by atoms with Crippen molar-refractivity contribution in [3.63, 3.8) is 0 Å². The van der Waals surface area contributed by atoms with Crippen LogP contribution in [0.15, 0.2) is 48.9 Å². The molecule has 1 aliphatic heterocycles. The molecule has 0 spiro atoms. The topological polar surface area (TPSA) is 63.9 Å². The quantitative estimate of drug-likeness (QED) is 0.442. The molecule has 1 saturated heterocycles. The van der Waals surface area contributed by atoms with Gasteiger partial charge in [0.1, 0.15) is 5.67 Å². The Morgan fingerprint density at radius 2 is 1.76 bits per heavy atom. The van der Waals surface area contributed by atoms with Crippen molar-refractivity contribution in [1.82, 2.24) is 24.6 Å². The summed E-state index contributed by atoms with van der Waals surface area (Å²) in [6, 6.07) is 9.49. The summed E-state index contributed by atoms with van der Waals surface area (Å²) in [4.78, 5) is 23.5. The van der Waals surface area contributed by atoms with Gasteiger partial charge in [-0.15, -0.1) is 0 Å². The van der Waals surface area contributed by atoms with Crippen molar-refractivity contribution in [2.75, 3.05) is 13.1 Å². The second-order valence-electron chi connectivity index (χ2n) is 9.26. The molecular weight excluding hydrogens is 436 g/mol. The van der Waals surface area contributed by atoms with Crippen LogP contribution in [-0.4, -0.2) is 49.3 Å². The Labute approximate surface area is 199 Å². The monoisotopic (exact) mass is 467 g/mol. The summed E-state index contributed by atoms with van der Waals surface area (Å²) in [6.07, 6.45) is 7.26. The van der Waals surface area contributed by atoms with Gasteiger partial charge in [-0.2, -0.15) is 5.10 Å². The van der Waals surface area contributed by atoms with Gasteiger partial charge in [0.25, 0.3) is 11.9 Å². The lowest BCUT2D eigenvalue weighted by atomic mass is 9.88. The van der Waals surface area contributed by atoms with Gasteiger partial charge in [0.05, 0.1) is 36.4 Å². The molecule has 4 rings (SSSR count). The van der Waals surface area contributed by atoms with E-state index in [1.165, 1.54) is 6.20 Å². The first-order chi connectivity index (χ1) is 16.4. The third kappa shape index (κ3) is 4.72. The molecule has 0 radical (unpaired) electrons. The van der Waals surface area contributed by atoms with E-state index < -0.39 is 17.4 Å². The van der Waals surface area contributed by atoms with Crippen molar-refractivity contribution in [3.8, 4) is 5.95 Å². The van der Waals surface area contributed by atoms with Crippen LogP contribution in [0, 0.1) is 5.82 Å². The van der Waals surface area contributed by atoms with E-state index >= 15 is 4.39 Å². The SMILES string of the molecule is CCCC(CCC)c1c(C(=O)N2CC(c3ccccc3)C(C)(F)C2)cnn1-c1ncc(F)cn1. The molecule has 1 fully saturated rings. The number of amides is 1. The second kappa shape index (κ2) is 9.99. The fourth-order valence-electron chi connectivity index (χ4n) is 5.03. The Kier molecular flexibility index (Phi) is 7.05. The van der Waals surface area contributed by atoms with Crippen molar-refractivity contribution >= 4 is 5.91 Å². The van der Waals surface area contributed by atoms with Crippen molar-refractivity contribution in [3.05, 3.63) is 71.6 Å². The van der Waals surface area contributed by atoms with Crippen LogP contribution in [0.1, 0.15) is 79.9 Å². The number of benzene rings is 1. The number of alkyl halides is 1. The van der Waals surface area contributed by atoms with Crippen LogP contribution in [0.25, 0.3) is 5.95 Å². The maximum atomic E-state index is 15.6. The van der Waals surface area contributed by atoms with Crippen LogP contribution in [0.3, 0.4) is 0 Å². The van der Waals surface area contributed by atoms with Gasteiger partial charge < -0.3 is 4.90 Å². The lowest BCUT2D eigenvalue weighted by Crippen LogP contribution is -2.33. The molecule has 2 atom stereocenters. The molecule has 2 aromatic heterocycles. The average molecular weight is 468 g/mol. The first kappa shape index (κ1) is 24.0. The molecular formula is C26H31F2N5O. The molecule has 0 aliphatic carbocycles. The predicted octanol–water partition coefficient (Wildman–Crippen LogP) is 5.45. The zero-order valence-electron chi connectivity index (χ0n) is 19.9. The van der Waals surface area contributed by atoms with E-state index in [2.05, 4.69) is 28.9 Å². The van der Waals surface area contributed by atoms with E-state index in [1.54, 1.807) is 16.5 Å². The molecule has 1 aromatic carbocycles. The standard InChI is InChI=1S/C26H31F2N5O/c1-4-9-19(10-5-2)23-21(15-31-33(23)25-29-13-20(27)14-30-25)24(34)32-16-22(26(3,28)17-32)18-11-7-6-8-12-18/h6-8,11-15,19,22H,4-5,9-10,16-17H2,1-3H3. The minimum Gasteiger partial charge on any atom is -0.335 e. The maximum absolute atomic E-state index is 15.6. The summed E-state index contributed by atoms with van der Waals surface area (Å²) in [5, 5.41) is 4.44. The summed E-state index contributed by atoms with van der Waals surface area (Å²) in [6.45, 7) is 6.05. The van der Waals surface area contributed by atoms with Gasteiger partial charge in [0.15, 0.2) is 5.82 Å². The second-order valence-corrected chi connectivity index (χ2v) is 9.26. The van der Waals surface area contributed by atoms with Crippen LogP contribution in [0.5, 0.6) is 0 Å². The Hall–Kier alpha value is -3.16. The third-order valence-corrected chi connectivity index (χ3v) is 6.61. The number of hydrogen-bond acceptors (Lipinski definition) is 4. The molecule has 34 heavy (non-hydrogen) atoms. The van der Waals surface area contributed by atoms with E-state index in [-0.39, 0.29) is 24.3 Å². The van der Waals surface area contributed by atoms with E-state index in [1.807, 2.05) is 30.3 Å². The number of carbonyl (C=O) groups is 1. The van der Waals surface area contributed by atoms with E-state index in [0.717, 1.165) is 43.6 Å². The zero-order valence-corrected chi connectivity index (χ0v) is 19.9. The number of aromatic nitrogens is 4. The van der Waals surface area contributed by atoms with Gasteiger partial charge in [0, 0.05) is 18.4 Å². The number of carbonyl (C=O) groups excluding carboxylic acids is 1. The summed E-state index contributed by atoms with van der Waals surface area (Å²) in [5.41, 5.74) is 0.487. The molecule has 0 saturated carbocycles.